The zero-order chi connectivity index (χ0) is 13.8. The van der Waals surface area contributed by atoms with Gasteiger partial charge in [-0.1, -0.05) is 41.9 Å². The topological polar surface area (TPSA) is 15.6 Å². The second-order valence-corrected chi connectivity index (χ2v) is 6.92. The Hall–Kier alpha value is -1.09. The fraction of sp³-hybridized carbons (Fsp3) is 0.438. The summed E-state index contributed by atoms with van der Waals surface area (Å²) in [6.07, 6.45) is 3.15. The first kappa shape index (κ1) is 12.9. The summed E-state index contributed by atoms with van der Waals surface area (Å²) in [4.78, 5) is 7.04. The minimum atomic E-state index is -0.0144. The van der Waals surface area contributed by atoms with E-state index in [4.69, 9.17) is 4.99 Å². The molecule has 3 heteroatoms. The van der Waals surface area contributed by atoms with Gasteiger partial charge >= 0.3 is 0 Å². The normalized spacial score (nSPS) is 25.1. The first-order valence-electron chi connectivity index (χ1n) is 6.66. The maximum atomic E-state index is 4.79. The number of halogens is 1. The predicted molar refractivity (Wildman–Crippen MR) is 85.1 cm³/mol. The second kappa shape index (κ2) is 3.95. The largest absolute Gasteiger partial charge is 0.332 e. The zero-order valence-corrected chi connectivity index (χ0v) is 13.3. The first-order valence-corrected chi connectivity index (χ1v) is 7.45. The predicted octanol–water partition coefficient (Wildman–Crippen LogP) is 4.15. The second-order valence-electron chi connectivity index (χ2n) is 6.01. The molecular formula is C16H19BrN2. The smallest absolute Gasteiger partial charge is 0.115 e. The van der Waals surface area contributed by atoms with Crippen molar-refractivity contribution in [1.29, 1.82) is 0 Å². The average molecular weight is 319 g/mol. The van der Waals surface area contributed by atoms with Crippen LogP contribution in [0.25, 0.3) is 0 Å². The van der Waals surface area contributed by atoms with Crippen LogP contribution >= 0.6 is 15.9 Å². The summed E-state index contributed by atoms with van der Waals surface area (Å²) >= 11 is 3.57. The molecule has 0 saturated heterocycles. The van der Waals surface area contributed by atoms with Gasteiger partial charge in [0.15, 0.2) is 0 Å². The fourth-order valence-corrected chi connectivity index (χ4v) is 3.96. The number of likely N-dealkylation sites (N-methyl/N-ethyl adjacent to an activating group) is 1. The van der Waals surface area contributed by atoms with Crippen molar-refractivity contribution in [3.63, 3.8) is 0 Å². The lowest BCUT2D eigenvalue weighted by atomic mass is 9.61. The number of aliphatic imine (C=N–C) groups is 1. The highest BCUT2D eigenvalue weighted by atomic mass is 79.9. The summed E-state index contributed by atoms with van der Waals surface area (Å²) in [5, 5.41) is 0. The van der Waals surface area contributed by atoms with E-state index in [1.165, 1.54) is 17.1 Å². The molecule has 2 heterocycles. The number of benzene rings is 1. The molecule has 0 amide bonds. The molecule has 100 valence electrons. The highest BCUT2D eigenvalue weighted by Gasteiger charge is 2.57. The number of allylic oxidation sites excluding steroid dienone is 1. The van der Waals surface area contributed by atoms with Crippen molar-refractivity contribution in [1.82, 2.24) is 0 Å². The molecule has 1 atom stereocenters. The first-order chi connectivity index (χ1) is 8.94. The highest BCUT2D eigenvalue weighted by Crippen LogP contribution is 2.56. The third-order valence-electron chi connectivity index (χ3n) is 4.84. The van der Waals surface area contributed by atoms with Crippen LogP contribution in [0.1, 0.15) is 25.8 Å². The molecule has 2 nitrogen and oxygen atoms in total. The van der Waals surface area contributed by atoms with Crippen LogP contribution in [0.15, 0.2) is 40.3 Å². The number of hydrogen-bond acceptors (Lipinski definition) is 2. The number of rotatable bonds is 2. The SMILES string of the molecule is C=CC(C)(C)[C@@]12CCN=C1N(C)c1cc(Br)ccc12. The summed E-state index contributed by atoms with van der Waals surface area (Å²) in [5.74, 6) is 1.20. The van der Waals surface area contributed by atoms with Gasteiger partial charge in [-0.05, 0) is 29.5 Å². The van der Waals surface area contributed by atoms with Crippen molar-refractivity contribution in [3.8, 4) is 0 Å². The van der Waals surface area contributed by atoms with Crippen molar-refractivity contribution in [2.24, 2.45) is 10.4 Å². The van der Waals surface area contributed by atoms with Crippen molar-refractivity contribution in [2.45, 2.75) is 25.7 Å². The molecule has 0 fully saturated rings. The Bertz CT molecular complexity index is 588. The molecule has 0 spiro atoms. The Kier molecular flexibility index (Phi) is 2.69. The molecule has 0 unspecified atom stereocenters. The van der Waals surface area contributed by atoms with Gasteiger partial charge in [0.1, 0.15) is 5.84 Å². The van der Waals surface area contributed by atoms with Gasteiger partial charge in [0.25, 0.3) is 0 Å². The minimum Gasteiger partial charge on any atom is -0.332 e. The van der Waals surface area contributed by atoms with E-state index in [2.05, 4.69) is 72.6 Å². The van der Waals surface area contributed by atoms with Crippen LogP contribution in [0, 0.1) is 5.41 Å². The van der Waals surface area contributed by atoms with E-state index in [0.717, 1.165) is 17.4 Å². The highest BCUT2D eigenvalue weighted by molar-refractivity contribution is 9.10. The van der Waals surface area contributed by atoms with E-state index in [-0.39, 0.29) is 10.8 Å². The third kappa shape index (κ3) is 1.45. The summed E-state index contributed by atoms with van der Waals surface area (Å²) in [7, 11) is 2.12. The average Bonchev–Trinajstić information content (AvgIpc) is 2.91. The Morgan fingerprint density at radius 3 is 2.89 bits per heavy atom. The van der Waals surface area contributed by atoms with Crippen molar-refractivity contribution in [3.05, 3.63) is 40.9 Å². The number of hydrogen-bond donors (Lipinski definition) is 0. The molecule has 0 aromatic heterocycles. The van der Waals surface area contributed by atoms with Gasteiger partial charge < -0.3 is 4.90 Å². The van der Waals surface area contributed by atoms with Crippen LogP contribution in [0.3, 0.4) is 0 Å². The van der Waals surface area contributed by atoms with Crippen LogP contribution in [0.4, 0.5) is 5.69 Å². The van der Waals surface area contributed by atoms with Crippen LogP contribution in [-0.4, -0.2) is 19.4 Å². The molecule has 2 aliphatic rings. The van der Waals surface area contributed by atoms with Crippen molar-refractivity contribution in [2.75, 3.05) is 18.5 Å². The summed E-state index contributed by atoms with van der Waals surface area (Å²) in [6, 6.07) is 6.57. The lowest BCUT2D eigenvalue weighted by Crippen LogP contribution is -2.46. The van der Waals surface area contributed by atoms with Gasteiger partial charge in [-0.25, -0.2) is 0 Å². The third-order valence-corrected chi connectivity index (χ3v) is 5.33. The quantitative estimate of drug-likeness (QED) is 0.748. The van der Waals surface area contributed by atoms with E-state index in [9.17, 15) is 0 Å². The van der Waals surface area contributed by atoms with Gasteiger partial charge in [0.2, 0.25) is 0 Å². The van der Waals surface area contributed by atoms with Crippen LogP contribution in [0.5, 0.6) is 0 Å². The zero-order valence-electron chi connectivity index (χ0n) is 11.7. The molecular weight excluding hydrogens is 300 g/mol. The summed E-state index contributed by atoms with van der Waals surface area (Å²) in [5.41, 5.74) is 2.64. The number of anilines is 1. The Labute approximate surface area is 123 Å². The van der Waals surface area contributed by atoms with Gasteiger partial charge in [-0.3, -0.25) is 4.99 Å². The molecule has 0 saturated carbocycles. The van der Waals surface area contributed by atoms with Crippen LogP contribution in [0.2, 0.25) is 0 Å². The molecule has 19 heavy (non-hydrogen) atoms. The Morgan fingerprint density at radius 1 is 1.47 bits per heavy atom. The van der Waals surface area contributed by atoms with E-state index in [1.807, 2.05) is 0 Å². The lowest BCUT2D eigenvalue weighted by Gasteiger charge is -2.40. The summed E-state index contributed by atoms with van der Waals surface area (Å²) < 4.78 is 1.12. The Balaban J connectivity index is 2.31. The van der Waals surface area contributed by atoms with Crippen molar-refractivity contribution >= 4 is 27.5 Å². The maximum Gasteiger partial charge on any atom is 0.115 e. The van der Waals surface area contributed by atoms with E-state index < -0.39 is 0 Å². The molecule has 0 N–H and O–H groups in total. The monoisotopic (exact) mass is 318 g/mol. The molecule has 0 bridgehead atoms. The van der Waals surface area contributed by atoms with Gasteiger partial charge in [-0.2, -0.15) is 0 Å². The molecule has 0 aliphatic carbocycles. The standard InChI is InChI=1S/C16H19BrN2/c1-5-15(2,3)16-8-9-18-14(16)19(4)13-10-11(17)6-7-12(13)16/h5-7,10H,1,8-9H2,2-4H3/t16-/m1/s1. The van der Waals surface area contributed by atoms with Crippen LogP contribution in [-0.2, 0) is 5.41 Å². The maximum absolute atomic E-state index is 4.79. The van der Waals surface area contributed by atoms with Gasteiger partial charge in [-0.15, -0.1) is 6.58 Å². The molecule has 0 radical (unpaired) electrons. The van der Waals surface area contributed by atoms with E-state index in [1.54, 1.807) is 0 Å². The van der Waals surface area contributed by atoms with Crippen molar-refractivity contribution < 1.29 is 0 Å². The van der Waals surface area contributed by atoms with Gasteiger partial charge in [0, 0.05) is 23.8 Å². The van der Waals surface area contributed by atoms with E-state index >= 15 is 0 Å². The fourth-order valence-electron chi connectivity index (χ4n) is 3.61. The molecule has 2 aliphatic heterocycles. The molecule has 3 rings (SSSR count). The number of nitrogens with zero attached hydrogens (tertiary/aromatic N) is 2. The number of amidine groups is 1. The summed E-state index contributed by atoms with van der Waals surface area (Å²) in [6.45, 7) is 9.51. The molecule has 1 aromatic carbocycles. The minimum absolute atomic E-state index is 0.00429. The van der Waals surface area contributed by atoms with Gasteiger partial charge in [0.05, 0.1) is 5.41 Å². The van der Waals surface area contributed by atoms with E-state index in [0.29, 0.717) is 0 Å². The molecule has 1 aromatic rings. The lowest BCUT2D eigenvalue weighted by molar-refractivity contribution is 0.307. The Morgan fingerprint density at radius 2 is 2.21 bits per heavy atom. The van der Waals surface area contributed by atoms with Crippen LogP contribution < -0.4 is 4.90 Å². The number of fused-ring (bicyclic) bond motifs is 3.